The summed E-state index contributed by atoms with van der Waals surface area (Å²) in [4.78, 5) is -0.156. The fourth-order valence-corrected chi connectivity index (χ4v) is 2.98. The second kappa shape index (κ2) is 24.1. The van der Waals surface area contributed by atoms with Crippen molar-refractivity contribution in [3.05, 3.63) is 0 Å². The van der Waals surface area contributed by atoms with Gasteiger partial charge < -0.3 is 0 Å². The maximum absolute atomic E-state index is 5.70. The van der Waals surface area contributed by atoms with E-state index >= 15 is 0 Å². The lowest BCUT2D eigenvalue weighted by atomic mass is 10.0. The molecule has 0 radical (unpaired) electrons. The lowest BCUT2D eigenvalue weighted by molar-refractivity contribution is 0.531. The lowest BCUT2D eigenvalue weighted by Gasteiger charge is -2.03. The van der Waals surface area contributed by atoms with E-state index in [4.69, 9.17) is 23.2 Å². The second-order valence-corrected chi connectivity index (χ2v) is 7.41. The summed E-state index contributed by atoms with van der Waals surface area (Å²) >= 11 is 11.4. The molecule has 0 nitrogen and oxygen atoms in total. The van der Waals surface area contributed by atoms with Gasteiger partial charge in [-0.2, -0.15) is 0 Å². The predicted octanol–water partition coefficient (Wildman–Crippen LogP) is 7.45. The van der Waals surface area contributed by atoms with E-state index in [0.29, 0.717) is 0 Å². The van der Waals surface area contributed by atoms with Gasteiger partial charge >= 0.3 is 0 Å². The van der Waals surface area contributed by atoms with Gasteiger partial charge in [-0.15, -0.1) is 23.2 Å². The Morgan fingerprint density at radius 1 is 0.545 bits per heavy atom. The van der Waals surface area contributed by atoms with Crippen molar-refractivity contribution in [3.63, 3.8) is 0 Å². The van der Waals surface area contributed by atoms with Gasteiger partial charge in [0.05, 0.1) is 0 Å². The van der Waals surface area contributed by atoms with Crippen molar-refractivity contribution in [2.24, 2.45) is 0 Å². The number of halogens is 2. The summed E-state index contributed by atoms with van der Waals surface area (Å²) in [6.07, 6.45) is 22.0. The molecule has 0 atom stereocenters. The van der Waals surface area contributed by atoms with Crippen molar-refractivity contribution >= 4 is 33.4 Å². The monoisotopic (exact) mass is 368 g/mol. The Hall–Kier alpha value is 0.797. The zero-order chi connectivity index (χ0) is 16.9. The molecule has 22 heavy (non-hydrogen) atoms. The van der Waals surface area contributed by atoms with E-state index in [2.05, 4.69) is 13.5 Å². The molecule has 0 heterocycles. The molecule has 0 N–H and O–H groups in total. The Bertz CT molecular complexity index is 175. The normalized spacial score (nSPS) is 10.8. The Morgan fingerprint density at radius 3 is 1.09 bits per heavy atom. The van der Waals surface area contributed by atoms with Crippen LogP contribution in [-0.2, 0) is 0 Å². The van der Waals surface area contributed by atoms with E-state index in [-0.39, 0.29) is 4.84 Å². The summed E-state index contributed by atoms with van der Waals surface area (Å²) in [5, 5.41) is 0. The van der Waals surface area contributed by atoms with E-state index < -0.39 is 0 Å². The van der Waals surface area contributed by atoms with Crippen LogP contribution in [-0.4, -0.2) is 15.1 Å². The van der Waals surface area contributed by atoms with Gasteiger partial charge in [-0.3, -0.25) is 0 Å². The van der Waals surface area contributed by atoms with Gasteiger partial charge in [0, 0.05) is 0 Å². The van der Waals surface area contributed by atoms with Crippen molar-refractivity contribution in [2.75, 3.05) is 0 Å². The van der Waals surface area contributed by atoms with Crippen LogP contribution >= 0.6 is 23.2 Å². The largest absolute Gasteiger partial charge is 0.107 e. The number of unbranched alkanes of at least 4 members (excludes halogenated alkanes) is 14. The Kier molecular flexibility index (Phi) is 27.4. The summed E-state index contributed by atoms with van der Waals surface area (Å²) in [6.45, 7) is 4.42. The topological polar surface area (TPSA) is 0 Å². The molecule has 0 aliphatic carbocycles. The van der Waals surface area contributed by atoms with Crippen LogP contribution in [0.5, 0.6) is 0 Å². The van der Waals surface area contributed by atoms with Crippen LogP contribution in [0.15, 0.2) is 0 Å². The first-order chi connectivity index (χ1) is 10.8. The van der Waals surface area contributed by atoms with Crippen molar-refractivity contribution in [3.8, 4) is 0 Å². The number of hydrogen-bond acceptors (Lipinski definition) is 0. The summed E-state index contributed by atoms with van der Waals surface area (Å²) in [5.74, 6) is 0. The Morgan fingerprint density at radius 2 is 0.818 bits per heavy atom. The highest BCUT2D eigenvalue weighted by molar-refractivity contribution is 6.44. The Labute approximate surface area is 154 Å². The third kappa shape index (κ3) is 25.7. The number of hydrogen-bond donors (Lipinski definition) is 0. The molecule has 0 saturated carbocycles. The van der Waals surface area contributed by atoms with Crippen molar-refractivity contribution in [1.82, 2.24) is 0 Å². The fourth-order valence-electron chi connectivity index (χ4n) is 2.67. The first-order valence-corrected chi connectivity index (χ1v) is 12.9. The molecule has 0 saturated heterocycles. The van der Waals surface area contributed by atoms with E-state index in [0.717, 1.165) is 6.42 Å². The SMILES string of the molecule is CCCCCCCCCCCCCCCCCC(Cl)Cl.C[SiH3]. The molecule has 0 spiro atoms. The van der Waals surface area contributed by atoms with Gasteiger partial charge in [0.1, 0.15) is 4.84 Å². The molecular formula is C19H42Cl2Si. The van der Waals surface area contributed by atoms with Crippen LogP contribution in [0.2, 0.25) is 6.55 Å². The molecule has 3 heteroatoms. The molecule has 0 aromatic heterocycles. The molecule has 0 rings (SSSR count). The highest BCUT2D eigenvalue weighted by Gasteiger charge is 1.98. The first kappa shape index (κ1) is 25.0. The molecule has 0 fully saturated rings. The highest BCUT2D eigenvalue weighted by atomic mass is 35.5. The molecule has 136 valence electrons. The summed E-state index contributed by atoms with van der Waals surface area (Å²) < 4.78 is 0. The van der Waals surface area contributed by atoms with Crippen molar-refractivity contribution < 1.29 is 0 Å². The summed E-state index contributed by atoms with van der Waals surface area (Å²) in [5.41, 5.74) is 0. The van der Waals surface area contributed by atoms with E-state index in [1.165, 1.54) is 107 Å². The first-order valence-electron chi connectivity index (χ1n) is 10.1. The van der Waals surface area contributed by atoms with E-state index in [9.17, 15) is 0 Å². The molecular weight excluding hydrogens is 327 g/mol. The molecule has 0 aromatic carbocycles. The quantitative estimate of drug-likeness (QED) is 0.150. The van der Waals surface area contributed by atoms with Gasteiger partial charge in [0.15, 0.2) is 0 Å². The number of rotatable bonds is 16. The smallest absolute Gasteiger partial charge is 0.105 e. The zero-order valence-corrected chi connectivity index (χ0v) is 19.2. The van der Waals surface area contributed by atoms with Crippen molar-refractivity contribution in [1.29, 1.82) is 0 Å². The van der Waals surface area contributed by atoms with Crippen LogP contribution in [0.25, 0.3) is 0 Å². The van der Waals surface area contributed by atoms with Crippen LogP contribution in [0, 0.1) is 0 Å². The average molecular weight is 370 g/mol. The van der Waals surface area contributed by atoms with Crippen molar-refractivity contribution in [2.45, 2.75) is 121 Å². The minimum absolute atomic E-state index is 0.156. The maximum atomic E-state index is 5.70. The van der Waals surface area contributed by atoms with Gasteiger partial charge in [-0.25, -0.2) is 0 Å². The molecule has 0 aliphatic heterocycles. The van der Waals surface area contributed by atoms with Gasteiger partial charge in [-0.1, -0.05) is 110 Å². The van der Waals surface area contributed by atoms with Gasteiger partial charge in [0.25, 0.3) is 0 Å². The second-order valence-electron chi connectivity index (χ2n) is 6.13. The average Bonchev–Trinajstić information content (AvgIpc) is 2.53. The highest BCUT2D eigenvalue weighted by Crippen LogP contribution is 2.15. The summed E-state index contributed by atoms with van der Waals surface area (Å²) in [6, 6.07) is 0. The van der Waals surface area contributed by atoms with E-state index in [1.54, 1.807) is 0 Å². The minimum atomic E-state index is -0.156. The van der Waals surface area contributed by atoms with Crippen LogP contribution in [0.4, 0.5) is 0 Å². The molecule has 0 bridgehead atoms. The van der Waals surface area contributed by atoms with Crippen LogP contribution < -0.4 is 0 Å². The van der Waals surface area contributed by atoms with Gasteiger partial charge in [-0.05, 0) is 16.7 Å². The molecule has 0 aromatic rings. The fraction of sp³-hybridized carbons (Fsp3) is 1.00. The standard InChI is InChI=1S/C18H36Cl2.CH6Si/c1-2-3-4-5-6-7-8-9-10-11-12-13-14-15-16-17-18(19)20;1-2/h18H,2-17H2,1H3;1-2H3. The Balaban J connectivity index is 0. The summed E-state index contributed by atoms with van der Waals surface area (Å²) in [7, 11) is 1.31. The minimum Gasteiger partial charge on any atom is -0.105 e. The third-order valence-corrected chi connectivity index (χ3v) is 4.46. The molecule has 0 amide bonds. The lowest BCUT2D eigenvalue weighted by Crippen LogP contribution is -1.87. The van der Waals surface area contributed by atoms with E-state index in [1.807, 2.05) is 0 Å². The van der Waals surface area contributed by atoms with Gasteiger partial charge in [0.2, 0.25) is 0 Å². The maximum Gasteiger partial charge on any atom is 0.107 e. The molecule has 0 aliphatic rings. The molecule has 0 unspecified atom stereocenters. The number of alkyl halides is 2. The predicted molar refractivity (Wildman–Crippen MR) is 111 cm³/mol. The van der Waals surface area contributed by atoms with Crippen LogP contribution in [0.1, 0.15) is 110 Å². The zero-order valence-electron chi connectivity index (χ0n) is 15.6. The van der Waals surface area contributed by atoms with Crippen LogP contribution in [0.3, 0.4) is 0 Å². The third-order valence-electron chi connectivity index (χ3n) is 4.03.